The molecule has 0 fully saturated rings. The molecule has 0 radical (unpaired) electrons. The van der Waals surface area contributed by atoms with E-state index in [4.69, 9.17) is 4.42 Å². The van der Waals surface area contributed by atoms with Crippen LogP contribution in [-0.2, 0) is 13.0 Å². The van der Waals surface area contributed by atoms with Crippen molar-refractivity contribution in [3.05, 3.63) is 86.1 Å². The number of rotatable bonds is 8. The molecule has 0 atom stereocenters. The van der Waals surface area contributed by atoms with Crippen molar-refractivity contribution in [3.8, 4) is 0 Å². The van der Waals surface area contributed by atoms with Crippen molar-refractivity contribution in [1.82, 2.24) is 14.5 Å². The van der Waals surface area contributed by atoms with E-state index < -0.39 is 10.7 Å². The van der Waals surface area contributed by atoms with E-state index in [0.717, 1.165) is 28.7 Å². The second-order valence-corrected chi connectivity index (χ2v) is 7.99. The Bertz CT molecular complexity index is 1240. The fourth-order valence-electron chi connectivity index (χ4n) is 3.26. The number of aromatic amines is 1. The van der Waals surface area contributed by atoms with Crippen molar-refractivity contribution in [2.45, 2.75) is 31.5 Å². The molecule has 0 bridgehead atoms. The monoisotopic (exact) mass is 424 g/mol. The minimum atomic E-state index is -0.505. The van der Waals surface area contributed by atoms with Crippen LogP contribution in [0.2, 0.25) is 0 Å². The molecule has 0 unspecified atom stereocenters. The first-order chi connectivity index (χ1) is 14.5. The molecule has 30 heavy (non-hydrogen) atoms. The number of H-pyrrole nitrogens is 1. The van der Waals surface area contributed by atoms with Crippen molar-refractivity contribution in [2.24, 2.45) is 0 Å². The normalized spacial score (nSPS) is 11.2. The van der Waals surface area contributed by atoms with Gasteiger partial charge in [-0.3, -0.25) is 14.7 Å². The summed E-state index contributed by atoms with van der Waals surface area (Å²) in [5.74, 6) is 0.237. The van der Waals surface area contributed by atoms with Gasteiger partial charge in [-0.05, 0) is 25.0 Å². The second kappa shape index (κ2) is 8.58. The SMILES string of the molecule is Cc1[nH]c(SCCCn2c(=O)oc3ccc([N+](=O)[O-])cc32)nc1Cc1ccccc1. The van der Waals surface area contributed by atoms with Crippen LogP contribution in [0.3, 0.4) is 0 Å². The first kappa shape index (κ1) is 20.0. The Balaban J connectivity index is 1.38. The standard InChI is InChI=1S/C21H20N4O4S/c1-14-17(12-15-6-3-2-4-7-15)23-20(22-14)30-11-5-10-24-18-13-16(25(27)28)8-9-19(18)29-21(24)26/h2-4,6-9,13H,5,10-12H2,1H3,(H,22,23). The van der Waals surface area contributed by atoms with Crippen molar-refractivity contribution in [2.75, 3.05) is 5.75 Å². The number of hydrogen-bond acceptors (Lipinski definition) is 6. The van der Waals surface area contributed by atoms with Gasteiger partial charge in [-0.2, -0.15) is 0 Å². The summed E-state index contributed by atoms with van der Waals surface area (Å²) in [6, 6.07) is 14.4. The zero-order valence-corrected chi connectivity index (χ0v) is 17.1. The number of nitrogens with zero attached hydrogens (tertiary/aromatic N) is 3. The number of hydrogen-bond donors (Lipinski definition) is 1. The number of nitro groups is 1. The number of oxazole rings is 1. The van der Waals surface area contributed by atoms with Crippen LogP contribution in [0.5, 0.6) is 0 Å². The quantitative estimate of drug-likeness (QED) is 0.195. The lowest BCUT2D eigenvalue weighted by Crippen LogP contribution is -2.14. The highest BCUT2D eigenvalue weighted by atomic mass is 32.2. The lowest BCUT2D eigenvalue weighted by atomic mass is 10.1. The maximum Gasteiger partial charge on any atom is 0.419 e. The van der Waals surface area contributed by atoms with E-state index in [-0.39, 0.29) is 5.69 Å². The molecule has 0 amide bonds. The van der Waals surface area contributed by atoms with E-state index >= 15 is 0 Å². The number of imidazole rings is 1. The minimum absolute atomic E-state index is 0.0663. The maximum atomic E-state index is 12.1. The van der Waals surface area contributed by atoms with Gasteiger partial charge < -0.3 is 9.40 Å². The third-order valence-electron chi connectivity index (χ3n) is 4.80. The Labute approximate surface area is 176 Å². The molecule has 0 aliphatic heterocycles. The summed E-state index contributed by atoms with van der Waals surface area (Å²) < 4.78 is 6.63. The third-order valence-corrected chi connectivity index (χ3v) is 5.76. The van der Waals surface area contributed by atoms with Gasteiger partial charge in [0.2, 0.25) is 0 Å². The summed E-state index contributed by atoms with van der Waals surface area (Å²) in [4.78, 5) is 30.6. The molecule has 0 aliphatic rings. The molecule has 2 aromatic heterocycles. The summed E-state index contributed by atoms with van der Waals surface area (Å²) >= 11 is 1.59. The molecule has 0 saturated carbocycles. The molecule has 2 heterocycles. The number of nitro benzene ring substituents is 1. The molecular weight excluding hydrogens is 404 g/mol. The summed E-state index contributed by atoms with van der Waals surface area (Å²) in [6.07, 6.45) is 1.47. The lowest BCUT2D eigenvalue weighted by Gasteiger charge is -2.02. The molecule has 0 spiro atoms. The third kappa shape index (κ3) is 4.30. The average Bonchev–Trinajstić information content (AvgIpc) is 3.24. The number of aryl methyl sites for hydroxylation is 2. The first-order valence-corrected chi connectivity index (χ1v) is 10.5. The fraction of sp³-hybridized carbons (Fsp3) is 0.238. The zero-order chi connectivity index (χ0) is 21.1. The Morgan fingerprint density at radius 1 is 1.23 bits per heavy atom. The Hall–Kier alpha value is -3.33. The number of non-ortho nitro benzene ring substituents is 1. The maximum absolute atomic E-state index is 12.1. The highest BCUT2D eigenvalue weighted by Gasteiger charge is 2.14. The van der Waals surface area contributed by atoms with Crippen LogP contribution < -0.4 is 5.76 Å². The Morgan fingerprint density at radius 2 is 2.03 bits per heavy atom. The van der Waals surface area contributed by atoms with Crippen LogP contribution in [0, 0.1) is 17.0 Å². The Kier molecular flexibility index (Phi) is 5.71. The predicted molar refractivity (Wildman–Crippen MR) is 115 cm³/mol. The van der Waals surface area contributed by atoms with Gasteiger partial charge in [0.25, 0.3) is 5.69 Å². The molecule has 2 aromatic carbocycles. The molecule has 4 aromatic rings. The van der Waals surface area contributed by atoms with Crippen LogP contribution in [0.4, 0.5) is 5.69 Å². The molecule has 4 rings (SSSR count). The van der Waals surface area contributed by atoms with E-state index in [1.165, 1.54) is 28.3 Å². The van der Waals surface area contributed by atoms with E-state index in [0.29, 0.717) is 24.1 Å². The molecule has 8 nitrogen and oxygen atoms in total. The number of thioether (sulfide) groups is 1. The first-order valence-electron chi connectivity index (χ1n) is 9.51. The highest BCUT2D eigenvalue weighted by Crippen LogP contribution is 2.22. The lowest BCUT2D eigenvalue weighted by molar-refractivity contribution is -0.384. The molecule has 0 saturated heterocycles. The van der Waals surface area contributed by atoms with Gasteiger partial charge in [-0.15, -0.1) is 0 Å². The minimum Gasteiger partial charge on any atom is -0.408 e. The average molecular weight is 424 g/mol. The smallest absolute Gasteiger partial charge is 0.408 e. The fourth-order valence-corrected chi connectivity index (χ4v) is 4.13. The number of benzene rings is 2. The van der Waals surface area contributed by atoms with Gasteiger partial charge in [0.15, 0.2) is 10.7 Å². The summed E-state index contributed by atoms with van der Waals surface area (Å²) in [5, 5.41) is 11.8. The van der Waals surface area contributed by atoms with Crippen LogP contribution in [0.1, 0.15) is 23.4 Å². The molecular formula is C21H20N4O4S. The molecule has 1 N–H and O–H groups in total. The second-order valence-electron chi connectivity index (χ2n) is 6.91. The number of nitrogens with one attached hydrogen (secondary N) is 1. The van der Waals surface area contributed by atoms with Crippen molar-refractivity contribution in [3.63, 3.8) is 0 Å². The van der Waals surface area contributed by atoms with Gasteiger partial charge in [-0.25, -0.2) is 9.78 Å². The van der Waals surface area contributed by atoms with E-state index in [1.807, 2.05) is 25.1 Å². The van der Waals surface area contributed by atoms with Gasteiger partial charge in [0.05, 0.1) is 16.1 Å². The van der Waals surface area contributed by atoms with Crippen molar-refractivity contribution < 1.29 is 9.34 Å². The van der Waals surface area contributed by atoms with E-state index in [9.17, 15) is 14.9 Å². The van der Waals surface area contributed by atoms with E-state index in [1.54, 1.807) is 11.8 Å². The van der Waals surface area contributed by atoms with Gasteiger partial charge in [0, 0.05) is 36.5 Å². The van der Waals surface area contributed by atoms with Gasteiger partial charge in [0.1, 0.15) is 0 Å². The van der Waals surface area contributed by atoms with Crippen LogP contribution in [-0.4, -0.2) is 25.2 Å². The Morgan fingerprint density at radius 3 is 2.80 bits per heavy atom. The predicted octanol–water partition coefficient (Wildman–Crippen LogP) is 4.31. The van der Waals surface area contributed by atoms with Crippen LogP contribution in [0.15, 0.2) is 62.9 Å². The largest absolute Gasteiger partial charge is 0.419 e. The topological polar surface area (TPSA) is 107 Å². The van der Waals surface area contributed by atoms with Crippen molar-refractivity contribution >= 4 is 28.5 Å². The van der Waals surface area contributed by atoms with Crippen LogP contribution in [0.25, 0.3) is 11.1 Å². The number of aromatic nitrogens is 3. The molecule has 0 aliphatic carbocycles. The van der Waals surface area contributed by atoms with E-state index in [2.05, 4.69) is 22.1 Å². The summed E-state index contributed by atoms with van der Waals surface area (Å²) in [5.41, 5.74) is 4.01. The zero-order valence-electron chi connectivity index (χ0n) is 16.3. The number of fused-ring (bicyclic) bond motifs is 1. The molecule has 154 valence electrons. The molecule has 9 heteroatoms. The van der Waals surface area contributed by atoms with Crippen molar-refractivity contribution in [1.29, 1.82) is 0 Å². The van der Waals surface area contributed by atoms with Gasteiger partial charge >= 0.3 is 5.76 Å². The summed E-state index contributed by atoms with van der Waals surface area (Å²) in [7, 11) is 0. The van der Waals surface area contributed by atoms with Gasteiger partial charge in [-0.1, -0.05) is 42.1 Å². The van der Waals surface area contributed by atoms with Crippen LogP contribution >= 0.6 is 11.8 Å². The summed E-state index contributed by atoms with van der Waals surface area (Å²) in [6.45, 7) is 2.43. The highest BCUT2D eigenvalue weighted by molar-refractivity contribution is 7.99.